The van der Waals surface area contributed by atoms with Crippen LogP contribution in [0.3, 0.4) is 0 Å². The number of amides is 2. The Kier molecular flexibility index (Phi) is 5.59. The van der Waals surface area contributed by atoms with Crippen molar-refractivity contribution in [2.75, 3.05) is 11.4 Å². The van der Waals surface area contributed by atoms with Gasteiger partial charge in [0, 0.05) is 38.1 Å². The molecule has 4 rings (SSSR count). The van der Waals surface area contributed by atoms with Crippen molar-refractivity contribution in [2.45, 2.75) is 26.3 Å². The summed E-state index contributed by atoms with van der Waals surface area (Å²) in [7, 11) is 1.82. The average Bonchev–Trinajstić information content (AvgIpc) is 3.34. The zero-order chi connectivity index (χ0) is 22.1. The molecule has 6 nitrogen and oxygen atoms in total. The molecule has 1 N–H and O–H groups in total. The molecular formula is C24H25FN4O2. The molecule has 0 bridgehead atoms. The van der Waals surface area contributed by atoms with Crippen molar-refractivity contribution in [3.8, 4) is 0 Å². The molecule has 2 aromatic carbocycles. The van der Waals surface area contributed by atoms with Gasteiger partial charge in [0.15, 0.2) is 0 Å². The fraction of sp³-hybridized carbons (Fsp3) is 0.292. The lowest BCUT2D eigenvalue weighted by molar-refractivity contribution is -0.126. The third-order valence-corrected chi connectivity index (χ3v) is 5.95. The van der Waals surface area contributed by atoms with Crippen molar-refractivity contribution in [3.05, 3.63) is 83.2 Å². The van der Waals surface area contributed by atoms with Crippen LogP contribution in [0.15, 0.2) is 54.9 Å². The van der Waals surface area contributed by atoms with E-state index >= 15 is 0 Å². The second kappa shape index (κ2) is 8.34. The minimum Gasteiger partial charge on any atom is -0.342 e. The van der Waals surface area contributed by atoms with Gasteiger partial charge in [-0.2, -0.15) is 0 Å². The minimum absolute atomic E-state index is 0.0758. The maximum Gasteiger partial charge on any atom is 0.227 e. The molecule has 0 radical (unpaired) electrons. The number of carbonyl (C=O) groups is 2. The Morgan fingerprint density at radius 2 is 2.00 bits per heavy atom. The second-order valence-corrected chi connectivity index (χ2v) is 8.02. The molecule has 160 valence electrons. The molecular weight excluding hydrogens is 395 g/mol. The minimum atomic E-state index is -0.618. The Hall–Kier alpha value is -3.48. The van der Waals surface area contributed by atoms with E-state index in [4.69, 9.17) is 0 Å². The van der Waals surface area contributed by atoms with Crippen LogP contribution in [0.4, 0.5) is 10.1 Å². The van der Waals surface area contributed by atoms with E-state index in [-0.39, 0.29) is 24.1 Å². The normalized spacial score (nSPS) is 17.1. The van der Waals surface area contributed by atoms with Crippen LogP contribution in [0.25, 0.3) is 0 Å². The van der Waals surface area contributed by atoms with Gasteiger partial charge in [-0.25, -0.2) is 9.37 Å². The largest absolute Gasteiger partial charge is 0.342 e. The van der Waals surface area contributed by atoms with Crippen molar-refractivity contribution in [2.24, 2.45) is 13.0 Å². The standard InChI is InChI=1S/C24H25FN4O2/c1-15-6-4-9-20(16(15)2)29-14-18(13-21(29)30)24(31)27-22(23-26-10-11-28(23)3)17-7-5-8-19(25)12-17/h4-12,18,22H,13-14H2,1-3H3,(H,27,31)/t18-,22-/m0/s1. The van der Waals surface area contributed by atoms with Gasteiger partial charge in [0.2, 0.25) is 11.8 Å². The van der Waals surface area contributed by atoms with E-state index < -0.39 is 12.0 Å². The number of hydrogen-bond acceptors (Lipinski definition) is 3. The number of imidazole rings is 1. The summed E-state index contributed by atoms with van der Waals surface area (Å²) in [5.41, 5.74) is 3.56. The highest BCUT2D eigenvalue weighted by Gasteiger charge is 2.37. The number of anilines is 1. The van der Waals surface area contributed by atoms with E-state index in [1.165, 1.54) is 12.1 Å². The predicted octanol–water partition coefficient (Wildman–Crippen LogP) is 3.43. The van der Waals surface area contributed by atoms with E-state index in [0.29, 0.717) is 17.9 Å². The van der Waals surface area contributed by atoms with E-state index in [2.05, 4.69) is 10.3 Å². The smallest absolute Gasteiger partial charge is 0.227 e. The lowest BCUT2D eigenvalue weighted by Gasteiger charge is -2.22. The Morgan fingerprint density at radius 3 is 2.71 bits per heavy atom. The van der Waals surface area contributed by atoms with Gasteiger partial charge in [0.1, 0.15) is 17.7 Å². The number of aryl methyl sites for hydroxylation is 2. The molecule has 0 spiro atoms. The topological polar surface area (TPSA) is 67.2 Å². The van der Waals surface area contributed by atoms with Gasteiger partial charge in [0.25, 0.3) is 0 Å². The summed E-state index contributed by atoms with van der Waals surface area (Å²) in [6.45, 7) is 4.29. The zero-order valence-electron chi connectivity index (χ0n) is 17.8. The van der Waals surface area contributed by atoms with Gasteiger partial charge in [-0.15, -0.1) is 0 Å². The number of hydrogen-bond donors (Lipinski definition) is 1. The Balaban J connectivity index is 1.57. The predicted molar refractivity (Wildman–Crippen MR) is 116 cm³/mol. The third-order valence-electron chi connectivity index (χ3n) is 5.95. The summed E-state index contributed by atoms with van der Waals surface area (Å²) in [5, 5.41) is 3.00. The van der Waals surface area contributed by atoms with E-state index in [0.717, 1.165) is 16.8 Å². The highest BCUT2D eigenvalue weighted by Crippen LogP contribution is 2.30. The Labute approximate surface area is 180 Å². The molecule has 1 saturated heterocycles. The summed E-state index contributed by atoms with van der Waals surface area (Å²) in [6.07, 6.45) is 3.54. The zero-order valence-corrected chi connectivity index (χ0v) is 17.8. The molecule has 1 aliphatic heterocycles. The van der Waals surface area contributed by atoms with Gasteiger partial charge in [-0.3, -0.25) is 9.59 Å². The van der Waals surface area contributed by atoms with Crippen LogP contribution in [0, 0.1) is 25.6 Å². The molecule has 31 heavy (non-hydrogen) atoms. The van der Waals surface area contributed by atoms with Crippen LogP contribution in [-0.2, 0) is 16.6 Å². The molecule has 1 aliphatic rings. The summed E-state index contributed by atoms with van der Waals surface area (Å²) in [6, 6.07) is 11.3. The highest BCUT2D eigenvalue weighted by molar-refractivity contribution is 6.01. The first-order valence-corrected chi connectivity index (χ1v) is 10.2. The molecule has 7 heteroatoms. The van der Waals surface area contributed by atoms with Crippen LogP contribution in [-0.4, -0.2) is 27.9 Å². The summed E-state index contributed by atoms with van der Waals surface area (Å²) >= 11 is 0. The number of benzene rings is 2. The first-order chi connectivity index (χ1) is 14.8. The molecule has 0 aliphatic carbocycles. The fourth-order valence-electron chi connectivity index (χ4n) is 4.04. The second-order valence-electron chi connectivity index (χ2n) is 8.02. The number of halogens is 1. The number of carbonyl (C=O) groups excluding carboxylic acids is 2. The van der Waals surface area contributed by atoms with Crippen molar-refractivity contribution >= 4 is 17.5 Å². The van der Waals surface area contributed by atoms with Gasteiger partial charge >= 0.3 is 0 Å². The summed E-state index contributed by atoms with van der Waals surface area (Å²) in [5.74, 6) is -0.618. The van der Waals surface area contributed by atoms with Gasteiger partial charge < -0.3 is 14.8 Å². The first kappa shape index (κ1) is 20.8. The number of nitrogens with zero attached hydrogens (tertiary/aromatic N) is 3. The fourth-order valence-corrected chi connectivity index (χ4v) is 4.04. The molecule has 3 aromatic rings. The van der Waals surface area contributed by atoms with E-state index in [1.54, 1.807) is 34.0 Å². The van der Waals surface area contributed by atoms with Crippen molar-refractivity contribution < 1.29 is 14.0 Å². The average molecular weight is 420 g/mol. The molecule has 2 atom stereocenters. The van der Waals surface area contributed by atoms with Crippen molar-refractivity contribution in [1.82, 2.24) is 14.9 Å². The number of aromatic nitrogens is 2. The molecule has 2 heterocycles. The molecule has 0 unspecified atom stereocenters. The number of rotatable bonds is 5. The van der Waals surface area contributed by atoms with Crippen LogP contribution < -0.4 is 10.2 Å². The summed E-state index contributed by atoms with van der Waals surface area (Å²) < 4.78 is 15.7. The first-order valence-electron chi connectivity index (χ1n) is 10.2. The van der Waals surface area contributed by atoms with Crippen molar-refractivity contribution in [1.29, 1.82) is 0 Å². The van der Waals surface area contributed by atoms with Crippen LogP contribution >= 0.6 is 0 Å². The van der Waals surface area contributed by atoms with Crippen LogP contribution in [0.5, 0.6) is 0 Å². The third kappa shape index (κ3) is 4.08. The van der Waals surface area contributed by atoms with Crippen LogP contribution in [0.2, 0.25) is 0 Å². The van der Waals surface area contributed by atoms with E-state index in [9.17, 15) is 14.0 Å². The molecule has 1 aromatic heterocycles. The monoisotopic (exact) mass is 420 g/mol. The SMILES string of the molecule is Cc1cccc(N2C[C@@H](C(=O)N[C@@H](c3cccc(F)c3)c3nccn3C)CC2=O)c1C. The quantitative estimate of drug-likeness (QED) is 0.688. The molecule has 0 saturated carbocycles. The van der Waals surface area contributed by atoms with Gasteiger partial charge in [-0.1, -0.05) is 24.3 Å². The van der Waals surface area contributed by atoms with Gasteiger partial charge in [-0.05, 0) is 48.7 Å². The molecule has 2 amide bonds. The van der Waals surface area contributed by atoms with E-state index in [1.807, 2.05) is 39.1 Å². The Morgan fingerprint density at radius 1 is 1.23 bits per heavy atom. The van der Waals surface area contributed by atoms with Crippen LogP contribution in [0.1, 0.15) is 35.0 Å². The maximum atomic E-state index is 13.9. The maximum absolute atomic E-state index is 13.9. The summed E-state index contributed by atoms with van der Waals surface area (Å²) in [4.78, 5) is 31.9. The Bertz CT molecular complexity index is 1140. The van der Waals surface area contributed by atoms with Crippen molar-refractivity contribution in [3.63, 3.8) is 0 Å². The number of nitrogens with one attached hydrogen (secondary N) is 1. The van der Waals surface area contributed by atoms with Gasteiger partial charge in [0.05, 0.1) is 5.92 Å². The lowest BCUT2D eigenvalue weighted by Crippen LogP contribution is -2.37. The highest BCUT2D eigenvalue weighted by atomic mass is 19.1. The molecule has 1 fully saturated rings. The lowest BCUT2D eigenvalue weighted by atomic mass is 10.0.